The van der Waals surface area contributed by atoms with E-state index < -0.39 is 0 Å². The minimum Gasteiger partial charge on any atom is -0.376 e. The van der Waals surface area contributed by atoms with E-state index in [0.717, 1.165) is 46.8 Å². The molecule has 1 atom stereocenters. The van der Waals surface area contributed by atoms with Gasteiger partial charge in [-0.1, -0.05) is 18.2 Å². The second-order valence-electron chi connectivity index (χ2n) is 7.30. The third kappa shape index (κ3) is 3.36. The molecule has 5 nitrogen and oxygen atoms in total. The lowest BCUT2D eigenvalue weighted by Gasteiger charge is -2.11. The van der Waals surface area contributed by atoms with Crippen LogP contribution >= 0.6 is 0 Å². The third-order valence-corrected chi connectivity index (χ3v) is 5.36. The number of rotatable bonds is 4. The van der Waals surface area contributed by atoms with Crippen LogP contribution in [0.4, 0.5) is 4.39 Å². The Morgan fingerprint density at radius 1 is 1.17 bits per heavy atom. The van der Waals surface area contributed by atoms with E-state index in [-0.39, 0.29) is 17.8 Å². The fourth-order valence-electron chi connectivity index (χ4n) is 3.88. The number of amides is 1. The number of nitrogens with zero attached hydrogens (tertiary/aromatic N) is 1. The van der Waals surface area contributed by atoms with Crippen LogP contribution in [0.1, 0.15) is 23.3 Å². The predicted octanol–water partition coefficient (Wildman–Crippen LogP) is 4.43. The number of fused-ring (bicyclic) bond motifs is 3. The Kier molecular flexibility index (Phi) is 4.48. The van der Waals surface area contributed by atoms with Gasteiger partial charge in [0.25, 0.3) is 5.91 Å². The molecule has 6 heteroatoms. The van der Waals surface area contributed by atoms with Crippen LogP contribution in [0.5, 0.6) is 0 Å². The zero-order valence-corrected chi connectivity index (χ0v) is 15.7. The van der Waals surface area contributed by atoms with Gasteiger partial charge in [0.2, 0.25) is 0 Å². The molecule has 146 valence electrons. The number of hydrogen-bond acceptors (Lipinski definition) is 3. The van der Waals surface area contributed by atoms with Crippen LogP contribution in [-0.2, 0) is 4.74 Å². The molecule has 2 aromatic carbocycles. The van der Waals surface area contributed by atoms with Crippen LogP contribution in [0.15, 0.2) is 54.6 Å². The van der Waals surface area contributed by atoms with Crippen molar-refractivity contribution in [3.63, 3.8) is 0 Å². The zero-order valence-electron chi connectivity index (χ0n) is 15.7. The molecular formula is C23H20FN3O2. The SMILES string of the molecule is O=C(NC[C@@H]1CCCO1)c1cc2c([nH]c3ccccc32)c(-c2ccc(F)cc2)n1. The van der Waals surface area contributed by atoms with Gasteiger partial charge in [0.05, 0.1) is 17.3 Å². The van der Waals surface area contributed by atoms with Gasteiger partial charge in [-0.25, -0.2) is 9.37 Å². The maximum absolute atomic E-state index is 13.4. The van der Waals surface area contributed by atoms with Gasteiger partial charge in [0.15, 0.2) is 0 Å². The molecule has 0 saturated carbocycles. The normalized spacial score (nSPS) is 16.5. The number of carbonyl (C=O) groups is 1. The van der Waals surface area contributed by atoms with Crippen molar-refractivity contribution < 1.29 is 13.9 Å². The van der Waals surface area contributed by atoms with Gasteiger partial charge in [-0.15, -0.1) is 0 Å². The van der Waals surface area contributed by atoms with Gasteiger partial charge in [0, 0.05) is 35.0 Å². The lowest BCUT2D eigenvalue weighted by atomic mass is 10.1. The Balaban J connectivity index is 1.61. The molecule has 2 N–H and O–H groups in total. The summed E-state index contributed by atoms with van der Waals surface area (Å²) in [6, 6.07) is 15.9. The van der Waals surface area contributed by atoms with Gasteiger partial charge in [-0.3, -0.25) is 4.79 Å². The second kappa shape index (κ2) is 7.29. The van der Waals surface area contributed by atoms with Gasteiger partial charge in [0.1, 0.15) is 11.5 Å². The fourth-order valence-corrected chi connectivity index (χ4v) is 3.88. The van der Waals surface area contributed by atoms with E-state index >= 15 is 0 Å². The molecule has 1 amide bonds. The van der Waals surface area contributed by atoms with E-state index in [1.54, 1.807) is 12.1 Å². The van der Waals surface area contributed by atoms with E-state index in [0.29, 0.717) is 17.9 Å². The average Bonchev–Trinajstić information content (AvgIpc) is 3.39. The Morgan fingerprint density at radius 3 is 2.79 bits per heavy atom. The van der Waals surface area contributed by atoms with E-state index in [1.807, 2.05) is 30.3 Å². The first-order chi connectivity index (χ1) is 14.2. The molecule has 0 radical (unpaired) electrons. The number of aromatic nitrogens is 2. The maximum atomic E-state index is 13.4. The number of ether oxygens (including phenoxy) is 1. The first kappa shape index (κ1) is 17.8. The summed E-state index contributed by atoms with van der Waals surface area (Å²) in [5.74, 6) is -0.553. The van der Waals surface area contributed by atoms with Gasteiger partial charge in [-0.2, -0.15) is 0 Å². The fraction of sp³-hybridized carbons (Fsp3) is 0.217. The van der Waals surface area contributed by atoms with E-state index in [2.05, 4.69) is 15.3 Å². The molecule has 0 unspecified atom stereocenters. The number of halogens is 1. The number of pyridine rings is 1. The standard InChI is InChI=1S/C23H20FN3O2/c24-15-9-7-14(8-10-15)21-22-18(17-5-1-2-6-19(17)26-22)12-20(27-21)23(28)25-13-16-4-3-11-29-16/h1-2,5-10,12,16,26H,3-4,11,13H2,(H,25,28)/t16-/m0/s1. The van der Waals surface area contributed by atoms with Crippen molar-refractivity contribution in [3.05, 3.63) is 66.1 Å². The quantitative estimate of drug-likeness (QED) is 0.543. The van der Waals surface area contributed by atoms with E-state index in [9.17, 15) is 9.18 Å². The molecule has 0 aliphatic carbocycles. The molecule has 2 aromatic heterocycles. The van der Waals surface area contributed by atoms with Crippen LogP contribution in [0.25, 0.3) is 33.1 Å². The number of para-hydroxylation sites is 1. The van der Waals surface area contributed by atoms with Crippen molar-refractivity contribution in [2.45, 2.75) is 18.9 Å². The lowest BCUT2D eigenvalue weighted by Crippen LogP contribution is -2.32. The number of hydrogen-bond donors (Lipinski definition) is 2. The van der Waals surface area contributed by atoms with E-state index in [4.69, 9.17) is 4.74 Å². The highest BCUT2D eigenvalue weighted by molar-refractivity contribution is 6.13. The van der Waals surface area contributed by atoms with Crippen molar-refractivity contribution in [1.29, 1.82) is 0 Å². The van der Waals surface area contributed by atoms with Crippen molar-refractivity contribution in [2.75, 3.05) is 13.2 Å². The summed E-state index contributed by atoms with van der Waals surface area (Å²) in [7, 11) is 0. The Morgan fingerprint density at radius 2 is 2.00 bits per heavy atom. The van der Waals surface area contributed by atoms with Crippen LogP contribution in [-0.4, -0.2) is 35.1 Å². The van der Waals surface area contributed by atoms with Crippen molar-refractivity contribution in [3.8, 4) is 11.3 Å². The maximum Gasteiger partial charge on any atom is 0.270 e. The number of H-pyrrole nitrogens is 1. The minimum atomic E-state index is -0.313. The second-order valence-corrected chi connectivity index (χ2v) is 7.30. The number of benzene rings is 2. The smallest absolute Gasteiger partial charge is 0.270 e. The summed E-state index contributed by atoms with van der Waals surface area (Å²) in [5, 5.41) is 4.87. The largest absolute Gasteiger partial charge is 0.376 e. The molecule has 0 bridgehead atoms. The highest BCUT2D eigenvalue weighted by atomic mass is 19.1. The first-order valence-electron chi connectivity index (χ1n) is 9.76. The summed E-state index contributed by atoms with van der Waals surface area (Å²) >= 11 is 0. The monoisotopic (exact) mass is 389 g/mol. The summed E-state index contributed by atoms with van der Waals surface area (Å²) in [6.45, 7) is 1.22. The number of carbonyl (C=O) groups excluding carboxylic acids is 1. The van der Waals surface area contributed by atoms with Crippen LogP contribution in [0, 0.1) is 5.82 Å². The molecule has 1 aliphatic heterocycles. The van der Waals surface area contributed by atoms with Gasteiger partial charge in [-0.05, 0) is 49.2 Å². The molecule has 1 aliphatic rings. The van der Waals surface area contributed by atoms with Crippen LogP contribution < -0.4 is 5.32 Å². The van der Waals surface area contributed by atoms with Crippen molar-refractivity contribution >= 4 is 27.7 Å². The molecule has 29 heavy (non-hydrogen) atoms. The highest BCUT2D eigenvalue weighted by Gasteiger charge is 2.20. The summed E-state index contributed by atoms with van der Waals surface area (Å²) < 4.78 is 19.0. The number of nitrogens with one attached hydrogen (secondary N) is 2. The highest BCUT2D eigenvalue weighted by Crippen LogP contribution is 2.32. The molecule has 4 aromatic rings. The van der Waals surface area contributed by atoms with Crippen molar-refractivity contribution in [2.24, 2.45) is 0 Å². The number of aromatic amines is 1. The molecule has 0 spiro atoms. The van der Waals surface area contributed by atoms with Gasteiger partial charge >= 0.3 is 0 Å². The third-order valence-electron chi connectivity index (χ3n) is 5.36. The molecular weight excluding hydrogens is 369 g/mol. The topological polar surface area (TPSA) is 67.0 Å². The molecule has 5 rings (SSSR count). The summed E-state index contributed by atoms with van der Waals surface area (Å²) in [4.78, 5) is 20.9. The Bertz CT molecular complexity index is 1190. The Hall–Kier alpha value is -3.25. The first-order valence-corrected chi connectivity index (χ1v) is 9.76. The van der Waals surface area contributed by atoms with Crippen molar-refractivity contribution in [1.82, 2.24) is 15.3 Å². The molecule has 1 saturated heterocycles. The summed E-state index contributed by atoms with van der Waals surface area (Å²) in [6.07, 6.45) is 2.04. The lowest BCUT2D eigenvalue weighted by molar-refractivity contribution is 0.0854. The van der Waals surface area contributed by atoms with E-state index in [1.165, 1.54) is 12.1 Å². The van der Waals surface area contributed by atoms with Crippen LogP contribution in [0.2, 0.25) is 0 Å². The average molecular weight is 389 g/mol. The minimum absolute atomic E-state index is 0.0624. The van der Waals surface area contributed by atoms with Gasteiger partial charge < -0.3 is 15.0 Å². The predicted molar refractivity (Wildman–Crippen MR) is 110 cm³/mol. The Labute approximate surface area is 166 Å². The molecule has 1 fully saturated rings. The summed E-state index contributed by atoms with van der Waals surface area (Å²) in [5.41, 5.74) is 3.50. The molecule has 3 heterocycles. The zero-order chi connectivity index (χ0) is 19.8. The van der Waals surface area contributed by atoms with Crippen LogP contribution in [0.3, 0.4) is 0 Å².